The van der Waals surface area contributed by atoms with Gasteiger partial charge < -0.3 is 5.73 Å². The average molecular weight is 232 g/mol. The number of hydrogen-bond donors (Lipinski definition) is 1. The highest BCUT2D eigenvalue weighted by molar-refractivity contribution is 7.17. The van der Waals surface area contributed by atoms with E-state index in [4.69, 9.17) is 5.73 Å². The highest BCUT2D eigenvalue weighted by atomic mass is 32.1. The number of hydrogen-bond acceptors (Lipinski definition) is 4. The number of benzene rings is 1. The third kappa shape index (κ3) is 1.97. The molecule has 0 saturated carbocycles. The van der Waals surface area contributed by atoms with Crippen LogP contribution in [-0.4, -0.2) is 10.8 Å². The number of carbonyl (C=O) groups excluding carboxylic acids is 1. The summed E-state index contributed by atoms with van der Waals surface area (Å²) < 4.78 is 0. The Kier molecular flexibility index (Phi) is 2.75. The van der Waals surface area contributed by atoms with Crippen LogP contribution in [-0.2, 0) is 0 Å². The molecule has 0 radical (unpaired) electrons. The van der Waals surface area contributed by atoms with Gasteiger partial charge >= 0.3 is 0 Å². The summed E-state index contributed by atoms with van der Waals surface area (Å²) in [5.74, 6) is 0.0664. The van der Waals surface area contributed by atoms with Crippen LogP contribution in [0, 0.1) is 6.92 Å². The standard InChI is InChI=1S/C12H12N2OS/c1-7-11(8(2)15)16-12(14-7)9-3-5-10(13)6-4-9/h3-6H,13H2,1-2H3. The zero-order valence-electron chi connectivity index (χ0n) is 9.15. The molecule has 0 fully saturated rings. The van der Waals surface area contributed by atoms with E-state index in [-0.39, 0.29) is 5.78 Å². The van der Waals surface area contributed by atoms with Crippen LogP contribution < -0.4 is 5.73 Å². The minimum Gasteiger partial charge on any atom is -0.399 e. The Morgan fingerprint density at radius 1 is 1.31 bits per heavy atom. The molecule has 4 heteroatoms. The van der Waals surface area contributed by atoms with Gasteiger partial charge in [-0.2, -0.15) is 0 Å². The largest absolute Gasteiger partial charge is 0.399 e. The summed E-state index contributed by atoms with van der Waals surface area (Å²) in [5, 5.41) is 0.864. The van der Waals surface area contributed by atoms with Gasteiger partial charge in [0.25, 0.3) is 0 Å². The molecule has 0 saturated heterocycles. The Labute approximate surface area is 97.9 Å². The molecule has 0 aliphatic heterocycles. The number of ketones is 1. The maximum atomic E-state index is 11.3. The van der Waals surface area contributed by atoms with E-state index in [0.29, 0.717) is 0 Å². The van der Waals surface area contributed by atoms with Crippen LogP contribution in [0.1, 0.15) is 22.3 Å². The summed E-state index contributed by atoms with van der Waals surface area (Å²) in [6.07, 6.45) is 0. The van der Waals surface area contributed by atoms with Crippen molar-refractivity contribution < 1.29 is 4.79 Å². The highest BCUT2D eigenvalue weighted by Crippen LogP contribution is 2.28. The third-order valence-corrected chi connectivity index (χ3v) is 3.58. The molecule has 3 nitrogen and oxygen atoms in total. The summed E-state index contributed by atoms with van der Waals surface area (Å²) in [4.78, 5) is 16.4. The van der Waals surface area contributed by atoms with E-state index < -0.39 is 0 Å². The van der Waals surface area contributed by atoms with Gasteiger partial charge in [-0.1, -0.05) is 0 Å². The van der Waals surface area contributed by atoms with Gasteiger partial charge in [0, 0.05) is 18.2 Å². The van der Waals surface area contributed by atoms with Crippen molar-refractivity contribution in [3.63, 3.8) is 0 Å². The second-order valence-electron chi connectivity index (χ2n) is 3.61. The monoisotopic (exact) mass is 232 g/mol. The highest BCUT2D eigenvalue weighted by Gasteiger charge is 2.12. The Morgan fingerprint density at radius 2 is 1.94 bits per heavy atom. The normalized spacial score (nSPS) is 10.4. The molecule has 0 unspecified atom stereocenters. The van der Waals surface area contributed by atoms with Crippen molar-refractivity contribution in [3.8, 4) is 10.6 Å². The van der Waals surface area contributed by atoms with Crippen LogP contribution in [0.5, 0.6) is 0 Å². The first kappa shape index (κ1) is 10.8. The fourth-order valence-corrected chi connectivity index (χ4v) is 2.44. The molecule has 1 aromatic heterocycles. The van der Waals surface area contributed by atoms with Crippen LogP contribution in [0.15, 0.2) is 24.3 Å². The predicted octanol–water partition coefficient (Wildman–Crippen LogP) is 2.90. The van der Waals surface area contributed by atoms with Gasteiger partial charge in [-0.3, -0.25) is 4.79 Å². The summed E-state index contributed by atoms with van der Waals surface area (Å²) >= 11 is 1.43. The summed E-state index contributed by atoms with van der Waals surface area (Å²) in [6.45, 7) is 3.42. The quantitative estimate of drug-likeness (QED) is 0.639. The topological polar surface area (TPSA) is 56.0 Å². The molecule has 2 rings (SSSR count). The number of aromatic nitrogens is 1. The molecular weight excluding hydrogens is 220 g/mol. The average Bonchev–Trinajstić information content (AvgIpc) is 2.61. The number of anilines is 1. The first-order valence-electron chi connectivity index (χ1n) is 4.92. The molecule has 0 bridgehead atoms. The summed E-state index contributed by atoms with van der Waals surface area (Å²) in [6, 6.07) is 7.49. The number of nitrogen functional groups attached to an aromatic ring is 1. The third-order valence-electron chi connectivity index (χ3n) is 2.27. The van der Waals surface area contributed by atoms with E-state index in [0.717, 1.165) is 26.8 Å². The van der Waals surface area contributed by atoms with Gasteiger partial charge in [0.1, 0.15) is 5.01 Å². The number of Topliss-reactive ketones (excluding diaryl/α,β-unsaturated/α-hetero) is 1. The van der Waals surface area contributed by atoms with E-state index in [1.54, 1.807) is 6.92 Å². The molecule has 1 aromatic carbocycles. The Bertz CT molecular complexity index is 528. The Hall–Kier alpha value is -1.68. The molecule has 0 amide bonds. The maximum Gasteiger partial charge on any atom is 0.171 e. The lowest BCUT2D eigenvalue weighted by Gasteiger charge is -1.96. The minimum absolute atomic E-state index is 0.0664. The van der Waals surface area contributed by atoms with E-state index in [1.165, 1.54) is 11.3 Å². The van der Waals surface area contributed by atoms with Crippen molar-refractivity contribution in [1.29, 1.82) is 0 Å². The fraction of sp³-hybridized carbons (Fsp3) is 0.167. The molecule has 16 heavy (non-hydrogen) atoms. The zero-order valence-corrected chi connectivity index (χ0v) is 9.97. The molecule has 82 valence electrons. The van der Waals surface area contributed by atoms with Gasteiger partial charge in [-0.05, 0) is 31.2 Å². The van der Waals surface area contributed by atoms with E-state index in [2.05, 4.69) is 4.98 Å². The summed E-state index contributed by atoms with van der Waals surface area (Å²) in [5.41, 5.74) is 8.13. The molecule has 0 spiro atoms. The lowest BCUT2D eigenvalue weighted by Crippen LogP contribution is -1.89. The molecular formula is C12H12N2OS. The number of rotatable bonds is 2. The van der Waals surface area contributed by atoms with Gasteiger partial charge in [-0.15, -0.1) is 11.3 Å². The molecule has 0 atom stereocenters. The molecule has 0 aliphatic carbocycles. The van der Waals surface area contributed by atoms with Crippen molar-refractivity contribution in [1.82, 2.24) is 4.98 Å². The van der Waals surface area contributed by atoms with Crippen molar-refractivity contribution in [2.45, 2.75) is 13.8 Å². The van der Waals surface area contributed by atoms with Crippen LogP contribution in [0.25, 0.3) is 10.6 Å². The fourth-order valence-electron chi connectivity index (χ4n) is 1.47. The van der Waals surface area contributed by atoms with Crippen LogP contribution >= 0.6 is 11.3 Å². The van der Waals surface area contributed by atoms with Crippen LogP contribution in [0.4, 0.5) is 5.69 Å². The first-order chi connectivity index (χ1) is 7.58. The smallest absolute Gasteiger partial charge is 0.171 e. The molecule has 2 aromatic rings. The Morgan fingerprint density at radius 3 is 2.44 bits per heavy atom. The number of nitrogens with two attached hydrogens (primary N) is 1. The molecule has 1 heterocycles. The second-order valence-corrected chi connectivity index (χ2v) is 4.61. The number of carbonyl (C=O) groups is 1. The van der Waals surface area contributed by atoms with Gasteiger partial charge in [0.2, 0.25) is 0 Å². The van der Waals surface area contributed by atoms with Crippen LogP contribution in [0.3, 0.4) is 0 Å². The predicted molar refractivity (Wildman–Crippen MR) is 66.7 cm³/mol. The van der Waals surface area contributed by atoms with Crippen LogP contribution in [0.2, 0.25) is 0 Å². The SMILES string of the molecule is CC(=O)c1sc(-c2ccc(N)cc2)nc1C. The van der Waals surface area contributed by atoms with E-state index in [1.807, 2.05) is 31.2 Å². The van der Waals surface area contributed by atoms with E-state index in [9.17, 15) is 4.79 Å². The minimum atomic E-state index is 0.0664. The van der Waals surface area contributed by atoms with Gasteiger partial charge in [0.05, 0.1) is 10.6 Å². The lowest BCUT2D eigenvalue weighted by molar-refractivity contribution is 0.102. The number of nitrogens with zero attached hydrogens (tertiary/aromatic N) is 1. The zero-order chi connectivity index (χ0) is 11.7. The molecule has 0 aliphatic rings. The van der Waals surface area contributed by atoms with Crippen molar-refractivity contribution in [3.05, 3.63) is 34.8 Å². The van der Waals surface area contributed by atoms with Crippen molar-refractivity contribution in [2.75, 3.05) is 5.73 Å². The van der Waals surface area contributed by atoms with Gasteiger partial charge in [-0.25, -0.2) is 4.98 Å². The first-order valence-corrected chi connectivity index (χ1v) is 5.74. The number of thiazole rings is 1. The number of aryl methyl sites for hydroxylation is 1. The Balaban J connectivity index is 2.45. The lowest BCUT2D eigenvalue weighted by atomic mass is 10.2. The van der Waals surface area contributed by atoms with Crippen molar-refractivity contribution >= 4 is 22.8 Å². The second kappa shape index (κ2) is 4.06. The van der Waals surface area contributed by atoms with Gasteiger partial charge in [0.15, 0.2) is 5.78 Å². The summed E-state index contributed by atoms with van der Waals surface area (Å²) in [7, 11) is 0. The van der Waals surface area contributed by atoms with Crippen molar-refractivity contribution in [2.24, 2.45) is 0 Å². The molecule has 2 N–H and O–H groups in total. The maximum absolute atomic E-state index is 11.3. The van der Waals surface area contributed by atoms with E-state index >= 15 is 0 Å².